The summed E-state index contributed by atoms with van der Waals surface area (Å²) in [5.41, 5.74) is 21.9. The van der Waals surface area contributed by atoms with Crippen LogP contribution in [0.2, 0.25) is 0 Å². The molecule has 4 aliphatic rings. The SMILES string of the molecule is CC(C)(C)c1cc(CNC(=O)CCCCC(=O)CCCCCCCN)cc(C(C)(C)C)c1.CCc1cc(C(C)(C)C)cc(C(C)(C)C)c1.CNC(=O)CCCCC(=O)CCCCCCCNC(=O)c1cc(C(C)(C)C)cc(C(C)(C)C)c1.c1cc2ccc1COCCOCCOCc1ccc(cc1)COCCOCCOC2. The number of rotatable bonds is 29. The molecule has 4 aliphatic heterocycles. The number of aryl methyl sites for hydroxylation is 1. The van der Waals surface area contributed by atoms with Crippen molar-refractivity contribution < 1.29 is 52.4 Å². The molecule has 628 valence electrons. The van der Waals surface area contributed by atoms with Gasteiger partial charge in [0.2, 0.25) is 11.8 Å². The molecular formula is C97H154N4O11. The van der Waals surface area contributed by atoms with Crippen LogP contribution in [0.15, 0.2) is 103 Å². The highest BCUT2D eigenvalue weighted by atomic mass is 16.5. The van der Waals surface area contributed by atoms with Crippen molar-refractivity contribution in [1.29, 1.82) is 0 Å². The summed E-state index contributed by atoms with van der Waals surface area (Å²) >= 11 is 0. The Hall–Kier alpha value is -6.43. The molecule has 0 aromatic heterocycles. The van der Waals surface area contributed by atoms with Gasteiger partial charge < -0.3 is 50.1 Å². The lowest BCUT2D eigenvalue weighted by Crippen LogP contribution is -2.26. The van der Waals surface area contributed by atoms with Crippen molar-refractivity contribution in [2.45, 2.75) is 332 Å². The fourth-order valence-electron chi connectivity index (χ4n) is 12.1. The average molecular weight is 1550 g/mol. The van der Waals surface area contributed by atoms with Crippen LogP contribution >= 0.6 is 0 Å². The van der Waals surface area contributed by atoms with Crippen LogP contribution in [0.1, 0.15) is 337 Å². The Morgan fingerprint density at radius 1 is 0.330 bits per heavy atom. The van der Waals surface area contributed by atoms with Gasteiger partial charge in [-0.15, -0.1) is 0 Å². The maximum absolute atomic E-state index is 12.8. The number of benzene rings is 5. The number of Topliss-reactive ketones (excluding diaryl/α,β-unsaturated/α-hetero) is 2. The Bertz CT molecular complexity index is 3250. The summed E-state index contributed by atoms with van der Waals surface area (Å²) in [6.07, 6.45) is 18.3. The van der Waals surface area contributed by atoms with E-state index >= 15 is 0 Å². The zero-order chi connectivity index (χ0) is 83.2. The van der Waals surface area contributed by atoms with E-state index in [4.69, 9.17) is 34.2 Å². The summed E-state index contributed by atoms with van der Waals surface area (Å²) in [5, 5.41) is 8.75. The van der Waals surface area contributed by atoms with E-state index in [0.29, 0.717) is 142 Å². The van der Waals surface area contributed by atoms with Crippen LogP contribution in [-0.2, 0) is 119 Å². The first-order valence-corrected chi connectivity index (χ1v) is 42.4. The predicted octanol–water partition coefficient (Wildman–Crippen LogP) is 20.9. The molecule has 112 heavy (non-hydrogen) atoms. The lowest BCUT2D eigenvalue weighted by molar-refractivity contribution is -0.122. The van der Waals surface area contributed by atoms with Crippen molar-refractivity contribution in [3.8, 4) is 0 Å². The molecule has 5 aromatic rings. The molecule has 0 fully saturated rings. The normalized spacial score (nSPS) is 14.0. The van der Waals surface area contributed by atoms with Crippen molar-refractivity contribution in [3.63, 3.8) is 0 Å². The number of hydrogen-bond acceptors (Lipinski definition) is 12. The fraction of sp³-hybridized carbons (Fsp3) is 0.639. The first-order valence-electron chi connectivity index (χ1n) is 42.4. The fourth-order valence-corrected chi connectivity index (χ4v) is 12.1. The first-order chi connectivity index (χ1) is 52.8. The van der Waals surface area contributed by atoms with Crippen LogP contribution in [0.5, 0.6) is 0 Å². The predicted molar refractivity (Wildman–Crippen MR) is 464 cm³/mol. The average Bonchev–Trinajstić information content (AvgIpc) is 0.777. The summed E-state index contributed by atoms with van der Waals surface area (Å²) in [6.45, 7) is 51.1. The number of nitrogens with two attached hydrogens (primary N) is 1. The molecule has 0 saturated heterocycles. The Labute approximate surface area is 680 Å². The Balaban J connectivity index is 0.000000397. The van der Waals surface area contributed by atoms with E-state index in [2.05, 4.69) is 238 Å². The van der Waals surface area contributed by atoms with Gasteiger partial charge >= 0.3 is 0 Å². The van der Waals surface area contributed by atoms with Crippen molar-refractivity contribution >= 4 is 29.3 Å². The van der Waals surface area contributed by atoms with Crippen LogP contribution in [0.3, 0.4) is 0 Å². The van der Waals surface area contributed by atoms with Gasteiger partial charge in [0.15, 0.2) is 0 Å². The number of ether oxygens (including phenoxy) is 6. The molecule has 0 saturated carbocycles. The van der Waals surface area contributed by atoms with Crippen molar-refractivity contribution in [1.82, 2.24) is 16.0 Å². The van der Waals surface area contributed by atoms with Gasteiger partial charge in [-0.1, -0.05) is 261 Å². The lowest BCUT2D eigenvalue weighted by Gasteiger charge is -2.26. The number of hydrogen-bond donors (Lipinski definition) is 4. The largest absolute Gasteiger partial charge is 0.377 e. The minimum absolute atomic E-state index is 0.00128. The monoisotopic (exact) mass is 1550 g/mol. The lowest BCUT2D eigenvalue weighted by atomic mass is 9.79. The van der Waals surface area contributed by atoms with Crippen LogP contribution < -0.4 is 21.7 Å². The third-order valence-electron chi connectivity index (χ3n) is 20.0. The molecule has 15 heteroatoms. The van der Waals surface area contributed by atoms with Crippen molar-refractivity contribution in [2.75, 3.05) is 73.0 Å². The van der Waals surface area contributed by atoms with Crippen LogP contribution in [0, 0.1) is 0 Å². The molecule has 3 amide bonds. The van der Waals surface area contributed by atoms with E-state index in [-0.39, 0.29) is 50.2 Å². The maximum atomic E-state index is 12.8. The Morgan fingerprint density at radius 2 is 0.607 bits per heavy atom. The molecule has 9 rings (SSSR count). The van der Waals surface area contributed by atoms with Gasteiger partial charge in [0.1, 0.15) is 11.6 Å². The second-order valence-electron chi connectivity index (χ2n) is 36.6. The van der Waals surface area contributed by atoms with Crippen LogP contribution in [-0.4, -0.2) is 102 Å². The first kappa shape index (κ1) is 99.8. The number of carbonyl (C=O) groups is 5. The molecule has 0 atom stereocenters. The Morgan fingerprint density at radius 3 is 0.929 bits per heavy atom. The van der Waals surface area contributed by atoms with Gasteiger partial charge in [-0.3, -0.25) is 24.0 Å². The molecular weight excluding hydrogens is 1400 g/mol. The summed E-state index contributed by atoms with van der Waals surface area (Å²) in [6, 6.07) is 36.6. The molecule has 15 nitrogen and oxygen atoms in total. The molecule has 4 heterocycles. The van der Waals surface area contributed by atoms with E-state index in [1.54, 1.807) is 7.05 Å². The molecule has 5 N–H and O–H groups in total. The highest BCUT2D eigenvalue weighted by Crippen LogP contribution is 2.34. The molecule has 0 radical (unpaired) electrons. The van der Waals surface area contributed by atoms with E-state index < -0.39 is 0 Å². The standard InChI is InChI=1S/C29H48N2O3.C28H48N2O2.C24H32O6.C16H26/c1-28(2,3)23-19-22(20-24(21-23)29(4,5)6)27(34)31-18-14-10-8-9-11-15-25(32)16-12-13-17-26(33)30-7;1-27(2,3)23-18-22(19-24(20-23)28(4,5)6)21-30-26(32)16-12-11-15-25(31)14-10-8-7-9-13-17-29;1-2-22-4-3-21(1)17-27-13-9-25-11-15-29-19-23-5-7-24(8-6-23)20-30-16-12-26-10-14-28-18-22;1-8-12-9-13(15(2,3)4)11-14(10-12)16(5,6)7/h19-21H,8-18H2,1-7H3,(H,30,33)(H,31,34);18-20H,7-17,21,29H2,1-6H3,(H,30,32);1-8H,9-20H2;9-11H,8H2,1-7H3. The highest BCUT2D eigenvalue weighted by Gasteiger charge is 2.25. The zero-order valence-electron chi connectivity index (χ0n) is 73.8. The van der Waals surface area contributed by atoms with Gasteiger partial charge in [-0.05, 0) is 176 Å². The van der Waals surface area contributed by atoms with Crippen molar-refractivity contribution in [2.24, 2.45) is 5.73 Å². The van der Waals surface area contributed by atoms with Crippen LogP contribution in [0.25, 0.3) is 0 Å². The molecule has 4 bridgehead atoms. The van der Waals surface area contributed by atoms with Gasteiger partial charge in [0, 0.05) is 64.2 Å². The molecule has 0 aliphatic carbocycles. The number of ketones is 2. The third kappa shape index (κ3) is 45.0. The van der Waals surface area contributed by atoms with Gasteiger partial charge in [0.25, 0.3) is 5.91 Å². The van der Waals surface area contributed by atoms with Crippen LogP contribution in [0.4, 0.5) is 0 Å². The smallest absolute Gasteiger partial charge is 0.251 e. The van der Waals surface area contributed by atoms with Crippen molar-refractivity contribution in [3.05, 3.63) is 175 Å². The summed E-state index contributed by atoms with van der Waals surface area (Å²) in [7, 11) is 1.63. The highest BCUT2D eigenvalue weighted by molar-refractivity contribution is 5.94. The Kier molecular flexibility index (Phi) is 47.2. The number of unbranched alkanes of at least 4 members (excludes halogenated alkanes) is 10. The minimum Gasteiger partial charge on any atom is -0.377 e. The van der Waals surface area contributed by atoms with E-state index in [9.17, 15) is 24.0 Å². The van der Waals surface area contributed by atoms with Gasteiger partial charge in [-0.2, -0.15) is 0 Å². The number of nitrogens with one attached hydrogen (secondary N) is 3. The number of amides is 3. The summed E-state index contributed by atoms with van der Waals surface area (Å²) < 4.78 is 33.8. The van der Waals surface area contributed by atoms with E-state index in [1.165, 1.54) is 45.4 Å². The van der Waals surface area contributed by atoms with Gasteiger partial charge in [0.05, 0.1) is 79.3 Å². The zero-order valence-corrected chi connectivity index (χ0v) is 73.8. The summed E-state index contributed by atoms with van der Waals surface area (Å²) in [4.78, 5) is 60.2. The number of carbonyl (C=O) groups excluding carboxylic acids is 5. The molecule has 0 spiro atoms. The topological polar surface area (TPSA) is 203 Å². The maximum Gasteiger partial charge on any atom is 0.251 e. The quantitative estimate of drug-likeness (QED) is 0.0330. The second-order valence-corrected chi connectivity index (χ2v) is 36.6. The summed E-state index contributed by atoms with van der Waals surface area (Å²) in [5.74, 6) is 0.736. The van der Waals surface area contributed by atoms with E-state index in [0.717, 1.165) is 130 Å². The van der Waals surface area contributed by atoms with Gasteiger partial charge in [-0.25, -0.2) is 0 Å². The minimum atomic E-state index is -0.0107. The molecule has 0 unspecified atom stereocenters. The second kappa shape index (κ2) is 52.9. The third-order valence-corrected chi connectivity index (χ3v) is 20.0. The molecule has 5 aromatic carbocycles. The van der Waals surface area contributed by atoms with E-state index in [1.807, 2.05) is 12.1 Å².